The molecule has 1 N–H and O–H groups in total. The van der Waals surface area contributed by atoms with Crippen molar-refractivity contribution in [3.05, 3.63) is 33.8 Å². The molecule has 0 spiro atoms. The topological polar surface area (TPSA) is 42.8 Å². The molecule has 4 nitrogen and oxygen atoms in total. The Balaban J connectivity index is 2.58. The molecule has 1 aromatic heterocycles. The van der Waals surface area contributed by atoms with Crippen molar-refractivity contribution in [1.29, 1.82) is 0 Å². The van der Waals surface area contributed by atoms with Crippen LogP contribution in [0.1, 0.15) is 0 Å². The molecule has 0 saturated heterocycles. The van der Waals surface area contributed by atoms with Gasteiger partial charge in [0.2, 0.25) is 0 Å². The molecule has 0 fully saturated rings. The molecule has 0 radical (unpaired) electrons. The summed E-state index contributed by atoms with van der Waals surface area (Å²) >= 11 is 8.48. The summed E-state index contributed by atoms with van der Waals surface area (Å²) in [4.78, 5) is 0. The third-order valence-corrected chi connectivity index (χ3v) is 2.67. The average Bonchev–Trinajstić information content (AvgIpc) is 2.63. The van der Waals surface area contributed by atoms with Crippen LogP contribution in [0.5, 0.6) is 5.75 Å². The summed E-state index contributed by atoms with van der Waals surface area (Å²) in [6.07, 6.45) is 1.63. The maximum atomic E-state index is 5.17. The van der Waals surface area contributed by atoms with Gasteiger partial charge >= 0.3 is 0 Å². The van der Waals surface area contributed by atoms with Crippen LogP contribution < -0.4 is 4.74 Å². The molecular formula is C9H8BrN3OS. The molecule has 0 aliphatic heterocycles. The van der Waals surface area contributed by atoms with Crippen LogP contribution in [0.25, 0.3) is 5.69 Å². The maximum absolute atomic E-state index is 5.17. The normalized spacial score (nSPS) is 10.3. The third-order valence-electron chi connectivity index (χ3n) is 1.92. The van der Waals surface area contributed by atoms with Crippen molar-refractivity contribution in [2.24, 2.45) is 0 Å². The molecule has 6 heteroatoms. The van der Waals surface area contributed by atoms with Gasteiger partial charge in [0.15, 0.2) is 4.77 Å². The van der Waals surface area contributed by atoms with Gasteiger partial charge in [-0.05, 0) is 24.4 Å². The second-order valence-electron chi connectivity index (χ2n) is 2.88. The van der Waals surface area contributed by atoms with Crippen molar-refractivity contribution in [1.82, 2.24) is 14.8 Å². The summed E-state index contributed by atoms with van der Waals surface area (Å²) in [5.41, 5.74) is 0.903. The number of ether oxygens (including phenoxy) is 1. The van der Waals surface area contributed by atoms with Gasteiger partial charge in [0, 0.05) is 10.5 Å². The number of halogens is 1. The summed E-state index contributed by atoms with van der Waals surface area (Å²) in [5.74, 6) is 0.766. The second kappa shape index (κ2) is 4.16. The van der Waals surface area contributed by atoms with Gasteiger partial charge in [0.05, 0.1) is 12.8 Å². The first kappa shape index (κ1) is 10.4. The van der Waals surface area contributed by atoms with Gasteiger partial charge in [0.1, 0.15) is 12.1 Å². The Hall–Kier alpha value is -1.14. The molecule has 78 valence electrons. The van der Waals surface area contributed by atoms with Crippen molar-refractivity contribution in [2.45, 2.75) is 0 Å². The zero-order valence-electron chi connectivity index (χ0n) is 7.90. The van der Waals surface area contributed by atoms with Crippen LogP contribution in [0, 0.1) is 4.77 Å². The van der Waals surface area contributed by atoms with E-state index in [2.05, 4.69) is 26.1 Å². The Labute approximate surface area is 100 Å². The van der Waals surface area contributed by atoms with E-state index in [-0.39, 0.29) is 0 Å². The minimum atomic E-state index is 0.551. The highest BCUT2D eigenvalue weighted by Gasteiger charge is 2.02. The number of methoxy groups -OCH3 is 1. The molecule has 15 heavy (non-hydrogen) atoms. The molecule has 0 aliphatic rings. The van der Waals surface area contributed by atoms with Crippen molar-refractivity contribution < 1.29 is 4.74 Å². The van der Waals surface area contributed by atoms with Crippen molar-refractivity contribution in [2.75, 3.05) is 7.11 Å². The van der Waals surface area contributed by atoms with Gasteiger partial charge < -0.3 is 4.74 Å². The first-order valence-corrected chi connectivity index (χ1v) is 5.38. The first-order valence-electron chi connectivity index (χ1n) is 4.17. The van der Waals surface area contributed by atoms with Gasteiger partial charge in [-0.1, -0.05) is 15.9 Å². The molecule has 0 saturated carbocycles. The second-order valence-corrected chi connectivity index (χ2v) is 4.18. The van der Waals surface area contributed by atoms with E-state index in [4.69, 9.17) is 17.0 Å². The minimum Gasteiger partial charge on any atom is -0.497 e. The van der Waals surface area contributed by atoms with Gasteiger partial charge in [-0.3, -0.25) is 9.67 Å². The first-order chi connectivity index (χ1) is 7.20. The number of benzene rings is 1. The predicted octanol–water partition coefficient (Wildman–Crippen LogP) is 2.70. The lowest BCUT2D eigenvalue weighted by Gasteiger charge is -2.05. The van der Waals surface area contributed by atoms with Gasteiger partial charge in [-0.2, -0.15) is 5.10 Å². The highest BCUT2D eigenvalue weighted by atomic mass is 79.9. The number of hydrogen-bond acceptors (Lipinski definition) is 3. The van der Waals surface area contributed by atoms with Crippen LogP contribution in [0.4, 0.5) is 0 Å². The molecule has 0 amide bonds. The van der Waals surface area contributed by atoms with Crippen LogP contribution in [-0.4, -0.2) is 21.9 Å². The molecule has 1 aromatic carbocycles. The van der Waals surface area contributed by atoms with Gasteiger partial charge in [-0.25, -0.2) is 0 Å². The zero-order chi connectivity index (χ0) is 10.8. The van der Waals surface area contributed by atoms with E-state index >= 15 is 0 Å². The molecule has 2 rings (SSSR count). The van der Waals surface area contributed by atoms with Crippen LogP contribution >= 0.6 is 28.1 Å². The fourth-order valence-electron chi connectivity index (χ4n) is 1.24. The number of hydrogen-bond donors (Lipinski definition) is 1. The van der Waals surface area contributed by atoms with E-state index in [0.717, 1.165) is 15.9 Å². The van der Waals surface area contributed by atoms with Crippen LogP contribution in [-0.2, 0) is 0 Å². The molecule has 0 atom stereocenters. The molecule has 0 bridgehead atoms. The molecule has 0 unspecified atom stereocenters. The predicted molar refractivity (Wildman–Crippen MR) is 63.0 cm³/mol. The Morgan fingerprint density at radius 1 is 1.47 bits per heavy atom. The fraction of sp³-hybridized carbons (Fsp3) is 0.111. The Morgan fingerprint density at radius 3 is 2.87 bits per heavy atom. The van der Waals surface area contributed by atoms with Gasteiger partial charge in [0.25, 0.3) is 0 Å². The Morgan fingerprint density at radius 2 is 2.27 bits per heavy atom. The number of aromatic amines is 1. The van der Waals surface area contributed by atoms with Crippen LogP contribution in [0.2, 0.25) is 0 Å². The average molecular weight is 286 g/mol. The summed E-state index contributed by atoms with van der Waals surface area (Å²) in [5, 5.41) is 6.56. The smallest absolute Gasteiger partial charge is 0.199 e. The zero-order valence-corrected chi connectivity index (χ0v) is 10.3. The number of nitrogens with one attached hydrogen (secondary N) is 1. The highest BCUT2D eigenvalue weighted by molar-refractivity contribution is 9.10. The molecule has 1 heterocycles. The molecule has 2 aromatic rings. The quantitative estimate of drug-likeness (QED) is 0.863. The lowest BCUT2D eigenvalue weighted by molar-refractivity contribution is 0.414. The highest BCUT2D eigenvalue weighted by Crippen LogP contribution is 2.23. The molecular weight excluding hydrogens is 278 g/mol. The van der Waals surface area contributed by atoms with Gasteiger partial charge in [-0.15, -0.1) is 0 Å². The van der Waals surface area contributed by atoms with E-state index in [1.807, 2.05) is 18.2 Å². The summed E-state index contributed by atoms with van der Waals surface area (Å²) in [6, 6.07) is 5.71. The van der Waals surface area contributed by atoms with E-state index in [9.17, 15) is 0 Å². The van der Waals surface area contributed by atoms with E-state index in [0.29, 0.717) is 4.77 Å². The van der Waals surface area contributed by atoms with E-state index in [1.165, 1.54) is 0 Å². The van der Waals surface area contributed by atoms with Crippen LogP contribution in [0.3, 0.4) is 0 Å². The maximum Gasteiger partial charge on any atom is 0.199 e. The standard InChI is InChI=1S/C9H8BrN3OS/c1-14-8-3-6(10)2-7(4-8)13-5-11-12-9(13)15/h2-5H,1H3,(H,12,15). The third kappa shape index (κ3) is 2.10. The SMILES string of the molecule is COc1cc(Br)cc(-n2cn[nH]c2=S)c1. The van der Waals surface area contributed by atoms with Crippen LogP contribution in [0.15, 0.2) is 29.0 Å². The largest absolute Gasteiger partial charge is 0.497 e. The monoisotopic (exact) mass is 285 g/mol. The Kier molecular flexibility index (Phi) is 2.88. The lowest BCUT2D eigenvalue weighted by atomic mass is 10.3. The molecule has 0 aliphatic carbocycles. The number of rotatable bonds is 2. The minimum absolute atomic E-state index is 0.551. The summed E-state index contributed by atoms with van der Waals surface area (Å²) in [7, 11) is 1.63. The fourth-order valence-corrected chi connectivity index (χ4v) is 1.90. The lowest BCUT2D eigenvalue weighted by Crippen LogP contribution is -1.93. The number of aromatic nitrogens is 3. The van der Waals surface area contributed by atoms with E-state index < -0.39 is 0 Å². The summed E-state index contributed by atoms with van der Waals surface area (Å²) < 4.78 is 8.41. The number of nitrogens with zero attached hydrogens (tertiary/aromatic N) is 2. The van der Waals surface area contributed by atoms with Crippen molar-refractivity contribution >= 4 is 28.1 Å². The van der Waals surface area contributed by atoms with E-state index in [1.54, 1.807) is 18.0 Å². The van der Waals surface area contributed by atoms with Crippen molar-refractivity contribution in [3.8, 4) is 11.4 Å². The summed E-state index contributed by atoms with van der Waals surface area (Å²) in [6.45, 7) is 0. The van der Waals surface area contributed by atoms with Crippen molar-refractivity contribution in [3.63, 3.8) is 0 Å². The Bertz CT molecular complexity index is 534. The number of H-pyrrole nitrogens is 1.